The van der Waals surface area contributed by atoms with Crippen molar-refractivity contribution < 1.29 is 14.3 Å². The van der Waals surface area contributed by atoms with Crippen molar-refractivity contribution in [1.29, 1.82) is 0 Å². The Kier molecular flexibility index (Phi) is 5.50. The molecule has 0 radical (unpaired) electrons. The van der Waals surface area contributed by atoms with Crippen molar-refractivity contribution in [2.24, 2.45) is 0 Å². The lowest BCUT2D eigenvalue weighted by molar-refractivity contribution is -0.119. The SMILES string of the molecule is O=C(COC(=O)c1ccc(-n2cncn2)cc1)Nc1cccc(Cl)c1Cl. The predicted octanol–water partition coefficient (Wildman–Crippen LogP) is 3.37. The lowest BCUT2D eigenvalue weighted by Gasteiger charge is -2.09. The second-order valence-corrected chi connectivity index (χ2v) is 5.90. The number of esters is 1. The summed E-state index contributed by atoms with van der Waals surface area (Å²) in [5, 5.41) is 7.06. The van der Waals surface area contributed by atoms with Gasteiger partial charge in [-0.1, -0.05) is 29.3 Å². The minimum absolute atomic E-state index is 0.220. The van der Waals surface area contributed by atoms with E-state index in [1.165, 1.54) is 6.33 Å². The van der Waals surface area contributed by atoms with Crippen molar-refractivity contribution in [2.75, 3.05) is 11.9 Å². The van der Waals surface area contributed by atoms with Crippen LogP contribution in [0.1, 0.15) is 10.4 Å². The van der Waals surface area contributed by atoms with Crippen molar-refractivity contribution in [1.82, 2.24) is 14.8 Å². The summed E-state index contributed by atoms with van der Waals surface area (Å²) in [4.78, 5) is 27.8. The van der Waals surface area contributed by atoms with E-state index in [9.17, 15) is 9.59 Å². The van der Waals surface area contributed by atoms with E-state index >= 15 is 0 Å². The number of rotatable bonds is 5. The van der Waals surface area contributed by atoms with Gasteiger partial charge in [0, 0.05) is 0 Å². The lowest BCUT2D eigenvalue weighted by Crippen LogP contribution is -2.21. The molecule has 132 valence electrons. The minimum atomic E-state index is -0.623. The standard InChI is InChI=1S/C17H12Cl2N4O3/c18-13-2-1-3-14(16(13)19)22-15(24)8-26-17(25)11-4-6-12(7-5-11)23-10-20-9-21-23/h1-7,9-10H,8H2,(H,22,24). The van der Waals surface area contributed by atoms with Crippen molar-refractivity contribution in [3.63, 3.8) is 0 Å². The average molecular weight is 391 g/mol. The molecule has 0 aliphatic rings. The number of halogens is 2. The second-order valence-electron chi connectivity index (χ2n) is 5.11. The summed E-state index contributed by atoms with van der Waals surface area (Å²) < 4.78 is 6.55. The Bertz CT molecular complexity index is 928. The van der Waals surface area contributed by atoms with Gasteiger partial charge in [0.15, 0.2) is 6.61 Å². The number of hydrogen-bond acceptors (Lipinski definition) is 5. The maximum atomic E-state index is 12.0. The van der Waals surface area contributed by atoms with Gasteiger partial charge in [0.05, 0.1) is 27.0 Å². The van der Waals surface area contributed by atoms with Crippen molar-refractivity contribution >= 4 is 40.8 Å². The molecule has 0 bridgehead atoms. The molecule has 1 aromatic heterocycles. The van der Waals surface area contributed by atoms with Crippen LogP contribution < -0.4 is 5.32 Å². The molecule has 0 saturated carbocycles. The fourth-order valence-electron chi connectivity index (χ4n) is 2.09. The molecule has 1 N–H and O–H groups in total. The molecule has 1 amide bonds. The molecule has 3 aromatic rings. The predicted molar refractivity (Wildman–Crippen MR) is 96.7 cm³/mol. The lowest BCUT2D eigenvalue weighted by atomic mass is 10.2. The molecule has 7 nitrogen and oxygen atoms in total. The number of hydrogen-bond donors (Lipinski definition) is 1. The van der Waals surface area contributed by atoms with E-state index in [4.69, 9.17) is 27.9 Å². The molecule has 9 heteroatoms. The van der Waals surface area contributed by atoms with E-state index in [1.807, 2.05) is 0 Å². The molecule has 3 rings (SSSR count). The van der Waals surface area contributed by atoms with Crippen LogP contribution in [0.3, 0.4) is 0 Å². The van der Waals surface area contributed by atoms with Crippen LogP contribution in [0.25, 0.3) is 5.69 Å². The highest BCUT2D eigenvalue weighted by Crippen LogP contribution is 2.29. The molecule has 0 saturated heterocycles. The van der Waals surface area contributed by atoms with Crippen LogP contribution in [0.15, 0.2) is 55.1 Å². The van der Waals surface area contributed by atoms with E-state index < -0.39 is 18.5 Å². The number of nitrogens with one attached hydrogen (secondary N) is 1. The quantitative estimate of drug-likeness (QED) is 0.674. The third-order valence-corrected chi connectivity index (χ3v) is 4.17. The van der Waals surface area contributed by atoms with Gasteiger partial charge in [-0.15, -0.1) is 0 Å². The van der Waals surface area contributed by atoms with Gasteiger partial charge in [-0.25, -0.2) is 14.5 Å². The topological polar surface area (TPSA) is 86.1 Å². The fraction of sp³-hybridized carbons (Fsp3) is 0.0588. The van der Waals surface area contributed by atoms with E-state index in [0.29, 0.717) is 16.3 Å². The third-order valence-electron chi connectivity index (χ3n) is 3.35. The summed E-state index contributed by atoms with van der Waals surface area (Å²) in [7, 11) is 0. The minimum Gasteiger partial charge on any atom is -0.452 e. The maximum Gasteiger partial charge on any atom is 0.338 e. The Morgan fingerprint density at radius 3 is 2.58 bits per heavy atom. The summed E-state index contributed by atoms with van der Waals surface area (Å²) in [5.74, 6) is -1.15. The molecule has 0 spiro atoms. The maximum absolute atomic E-state index is 12.0. The highest BCUT2D eigenvalue weighted by molar-refractivity contribution is 6.44. The van der Waals surface area contributed by atoms with Gasteiger partial charge >= 0.3 is 5.97 Å². The number of aromatic nitrogens is 3. The Balaban J connectivity index is 1.56. The normalized spacial score (nSPS) is 10.4. The zero-order valence-corrected chi connectivity index (χ0v) is 14.7. The fourth-order valence-corrected chi connectivity index (χ4v) is 2.44. The number of ether oxygens (including phenoxy) is 1. The highest BCUT2D eigenvalue weighted by Gasteiger charge is 2.12. The van der Waals surface area contributed by atoms with Crippen LogP contribution in [0, 0.1) is 0 Å². The number of amides is 1. The summed E-state index contributed by atoms with van der Waals surface area (Å²) in [5.41, 5.74) is 1.40. The van der Waals surface area contributed by atoms with E-state index in [1.54, 1.807) is 53.5 Å². The molecule has 0 atom stereocenters. The molecule has 2 aromatic carbocycles. The molecular weight excluding hydrogens is 379 g/mol. The van der Waals surface area contributed by atoms with Gasteiger partial charge in [0.25, 0.3) is 5.91 Å². The second kappa shape index (κ2) is 7.99. The molecule has 26 heavy (non-hydrogen) atoms. The molecule has 0 aliphatic heterocycles. The largest absolute Gasteiger partial charge is 0.452 e. The van der Waals surface area contributed by atoms with Gasteiger partial charge in [-0.05, 0) is 36.4 Å². The molecule has 0 fully saturated rings. The zero-order valence-electron chi connectivity index (χ0n) is 13.2. The highest BCUT2D eigenvalue weighted by atomic mass is 35.5. The first kappa shape index (κ1) is 17.9. The van der Waals surface area contributed by atoms with Gasteiger partial charge in [-0.2, -0.15) is 5.10 Å². The van der Waals surface area contributed by atoms with E-state index in [0.717, 1.165) is 5.69 Å². The smallest absolute Gasteiger partial charge is 0.338 e. The first-order valence-electron chi connectivity index (χ1n) is 7.40. The first-order valence-corrected chi connectivity index (χ1v) is 8.16. The van der Waals surface area contributed by atoms with Crippen molar-refractivity contribution in [3.8, 4) is 5.69 Å². The van der Waals surface area contributed by atoms with Crippen LogP contribution in [0.2, 0.25) is 10.0 Å². The molecule has 1 heterocycles. The van der Waals surface area contributed by atoms with Crippen molar-refractivity contribution in [2.45, 2.75) is 0 Å². The number of nitrogens with zero attached hydrogens (tertiary/aromatic N) is 3. The van der Waals surface area contributed by atoms with Gasteiger partial charge in [-0.3, -0.25) is 4.79 Å². The van der Waals surface area contributed by atoms with Crippen molar-refractivity contribution in [3.05, 3.63) is 70.7 Å². The molecular formula is C17H12Cl2N4O3. The Morgan fingerprint density at radius 1 is 1.12 bits per heavy atom. The Hall–Kier alpha value is -2.90. The summed E-state index contributed by atoms with van der Waals surface area (Å²) in [6, 6.07) is 11.4. The van der Waals surface area contributed by atoms with E-state index in [-0.39, 0.29) is 5.02 Å². The molecule has 0 aliphatic carbocycles. The number of benzene rings is 2. The summed E-state index contributed by atoms with van der Waals surface area (Å²) >= 11 is 11.9. The first-order chi connectivity index (χ1) is 12.5. The molecule has 0 unspecified atom stereocenters. The zero-order chi connectivity index (χ0) is 18.5. The van der Waals surface area contributed by atoms with Crippen LogP contribution in [-0.2, 0) is 9.53 Å². The number of carbonyl (C=O) groups is 2. The Labute approximate surface area is 158 Å². The van der Waals surface area contributed by atoms with Gasteiger partial charge in [0.2, 0.25) is 0 Å². The van der Waals surface area contributed by atoms with Gasteiger partial charge in [0.1, 0.15) is 12.7 Å². The summed E-state index contributed by atoms with van der Waals surface area (Å²) in [6.07, 6.45) is 2.95. The number of carbonyl (C=O) groups excluding carboxylic acids is 2. The Morgan fingerprint density at radius 2 is 1.88 bits per heavy atom. The van der Waals surface area contributed by atoms with E-state index in [2.05, 4.69) is 15.4 Å². The van der Waals surface area contributed by atoms with Crippen LogP contribution >= 0.6 is 23.2 Å². The third kappa shape index (κ3) is 4.19. The van der Waals surface area contributed by atoms with Gasteiger partial charge < -0.3 is 10.1 Å². The summed E-state index contributed by atoms with van der Waals surface area (Å²) in [6.45, 7) is -0.452. The van der Waals surface area contributed by atoms with Crippen LogP contribution in [-0.4, -0.2) is 33.2 Å². The van der Waals surface area contributed by atoms with Crippen LogP contribution in [0.4, 0.5) is 5.69 Å². The number of anilines is 1. The van der Waals surface area contributed by atoms with Crippen LogP contribution in [0.5, 0.6) is 0 Å². The monoisotopic (exact) mass is 390 g/mol. The average Bonchev–Trinajstić information content (AvgIpc) is 3.18.